The molecule has 0 N–H and O–H groups in total. The van der Waals surface area contributed by atoms with Crippen molar-refractivity contribution in [2.45, 2.75) is 0 Å². The van der Waals surface area contributed by atoms with Gasteiger partial charge >= 0.3 is 0 Å². The first-order valence-corrected chi connectivity index (χ1v) is 2.13. The van der Waals surface area contributed by atoms with Gasteiger partial charge in [-0.05, 0) is 0 Å². The lowest BCUT2D eigenvalue weighted by atomic mass is 10.7. The van der Waals surface area contributed by atoms with E-state index in [4.69, 9.17) is 0 Å². The van der Waals surface area contributed by atoms with E-state index in [2.05, 4.69) is 10.2 Å². The fourth-order valence-corrected chi connectivity index (χ4v) is 0.374. The summed E-state index contributed by atoms with van der Waals surface area (Å²) in [5.41, 5.74) is 0. The van der Waals surface area contributed by atoms with Crippen LogP contribution in [0.1, 0.15) is 0 Å². The fourth-order valence-electron chi connectivity index (χ4n) is 0.374. The highest BCUT2D eigenvalue weighted by molar-refractivity contribution is 4.79. The van der Waals surface area contributed by atoms with Crippen LogP contribution in [0.25, 0.3) is 0 Å². The van der Waals surface area contributed by atoms with Gasteiger partial charge in [0.15, 0.2) is 0 Å². The zero-order chi connectivity index (χ0) is 5.11. The van der Waals surface area contributed by atoms with Crippen molar-refractivity contribution in [1.29, 1.82) is 0 Å². The number of hydrogen-bond acceptors (Lipinski definition) is 3. The lowest BCUT2D eigenvalue weighted by molar-refractivity contribution is 0.448. The van der Waals surface area contributed by atoms with E-state index in [1.807, 2.05) is 18.1 Å². The summed E-state index contributed by atoms with van der Waals surface area (Å²) in [6.07, 6.45) is 3.55. The first kappa shape index (κ1) is 4.30. The molecule has 0 radical (unpaired) electrons. The first-order chi connectivity index (χ1) is 3.39. The summed E-state index contributed by atoms with van der Waals surface area (Å²) >= 11 is 0. The lowest BCUT2D eigenvalue weighted by Crippen LogP contribution is -2.10. The third kappa shape index (κ3) is 0.994. The van der Waals surface area contributed by atoms with Crippen LogP contribution in [-0.4, -0.2) is 18.6 Å². The third-order valence-corrected chi connectivity index (χ3v) is 0.756. The molecule has 0 aromatic rings. The van der Waals surface area contributed by atoms with Crippen molar-refractivity contribution in [3.63, 3.8) is 0 Å². The molecule has 0 bridgehead atoms. The zero-order valence-corrected chi connectivity index (χ0v) is 4.20. The van der Waals surface area contributed by atoms with Crippen LogP contribution >= 0.6 is 0 Å². The molecule has 1 rings (SSSR count). The minimum absolute atomic E-state index is 0.691. The lowest BCUT2D eigenvalue weighted by Gasteiger charge is -2.09. The van der Waals surface area contributed by atoms with E-state index < -0.39 is 0 Å². The Bertz CT molecular complexity index is 106. The Hall–Kier alpha value is -0.860. The largest absolute Gasteiger partial charge is 0.358 e. The molecule has 0 amide bonds. The van der Waals surface area contributed by atoms with Crippen LogP contribution in [0.5, 0.6) is 0 Å². The Morgan fingerprint density at radius 2 is 2.57 bits per heavy atom. The van der Waals surface area contributed by atoms with Crippen LogP contribution in [0.3, 0.4) is 0 Å². The molecule has 38 valence electrons. The van der Waals surface area contributed by atoms with E-state index in [-0.39, 0.29) is 0 Å². The second-order valence-corrected chi connectivity index (χ2v) is 1.45. The molecule has 1 heterocycles. The van der Waals surface area contributed by atoms with Crippen molar-refractivity contribution in [3.8, 4) is 0 Å². The van der Waals surface area contributed by atoms with E-state index in [1.165, 1.54) is 0 Å². The molecular weight excluding hydrogens is 90.1 g/mol. The molecule has 0 saturated heterocycles. The van der Waals surface area contributed by atoms with Crippen LogP contribution in [-0.2, 0) is 0 Å². The molecule has 0 unspecified atom stereocenters. The molecule has 3 nitrogen and oxygen atoms in total. The van der Waals surface area contributed by atoms with Crippen molar-refractivity contribution in [3.05, 3.63) is 12.4 Å². The van der Waals surface area contributed by atoms with Crippen molar-refractivity contribution >= 4 is 0 Å². The van der Waals surface area contributed by atoms with Gasteiger partial charge in [-0.15, -0.1) is 0 Å². The highest BCUT2D eigenvalue weighted by Crippen LogP contribution is 1.92. The van der Waals surface area contributed by atoms with Gasteiger partial charge in [0.2, 0.25) is 0 Å². The van der Waals surface area contributed by atoms with Gasteiger partial charge in [0.05, 0.1) is 6.20 Å². The molecule has 1 aliphatic rings. The molecule has 1 aliphatic heterocycles. The van der Waals surface area contributed by atoms with Crippen molar-refractivity contribution < 1.29 is 0 Å². The quantitative estimate of drug-likeness (QED) is 0.439. The SMILES string of the molecule is CN1C=CN=NC1. The second kappa shape index (κ2) is 1.73. The van der Waals surface area contributed by atoms with Gasteiger partial charge < -0.3 is 4.90 Å². The third-order valence-electron chi connectivity index (χ3n) is 0.756. The van der Waals surface area contributed by atoms with Crippen LogP contribution in [0.2, 0.25) is 0 Å². The van der Waals surface area contributed by atoms with Crippen molar-refractivity contribution in [1.82, 2.24) is 4.90 Å². The van der Waals surface area contributed by atoms with E-state index >= 15 is 0 Å². The normalized spacial score (nSPS) is 18.1. The van der Waals surface area contributed by atoms with Gasteiger partial charge in [0, 0.05) is 13.2 Å². The maximum absolute atomic E-state index is 3.72. The standard InChI is InChI=1S/C4H7N3/c1-7-3-2-5-6-4-7/h2-3H,4H2,1H3. The highest BCUT2D eigenvalue weighted by atomic mass is 15.3. The first-order valence-electron chi connectivity index (χ1n) is 2.13. The second-order valence-electron chi connectivity index (χ2n) is 1.45. The summed E-state index contributed by atoms with van der Waals surface area (Å²) in [7, 11) is 1.95. The molecule has 3 heteroatoms. The summed E-state index contributed by atoms with van der Waals surface area (Å²) in [5, 5.41) is 7.35. The molecule has 0 spiro atoms. The maximum atomic E-state index is 3.72. The van der Waals surface area contributed by atoms with E-state index in [1.54, 1.807) is 6.20 Å². The van der Waals surface area contributed by atoms with E-state index in [0.29, 0.717) is 6.67 Å². The molecule has 7 heavy (non-hydrogen) atoms. The summed E-state index contributed by atoms with van der Waals surface area (Å²) < 4.78 is 0. The van der Waals surface area contributed by atoms with Gasteiger partial charge in [-0.3, -0.25) is 0 Å². The van der Waals surface area contributed by atoms with Crippen LogP contribution in [0, 0.1) is 0 Å². The molecule has 0 aromatic carbocycles. The topological polar surface area (TPSA) is 28.0 Å². The Labute approximate surface area is 42.3 Å². The smallest absolute Gasteiger partial charge is 0.131 e. The molecular formula is C4H7N3. The van der Waals surface area contributed by atoms with Gasteiger partial charge in [-0.25, -0.2) is 0 Å². The van der Waals surface area contributed by atoms with Gasteiger partial charge in [0.1, 0.15) is 6.67 Å². The number of rotatable bonds is 0. The summed E-state index contributed by atoms with van der Waals surface area (Å²) in [6, 6.07) is 0. The monoisotopic (exact) mass is 97.1 g/mol. The Morgan fingerprint density at radius 3 is 2.86 bits per heavy atom. The van der Waals surface area contributed by atoms with Gasteiger partial charge in [0.25, 0.3) is 0 Å². The average Bonchev–Trinajstić information content (AvgIpc) is 1.69. The summed E-state index contributed by atoms with van der Waals surface area (Å²) in [6.45, 7) is 0.691. The van der Waals surface area contributed by atoms with Crippen molar-refractivity contribution in [2.75, 3.05) is 13.7 Å². The van der Waals surface area contributed by atoms with E-state index in [0.717, 1.165) is 0 Å². The van der Waals surface area contributed by atoms with Crippen LogP contribution in [0.15, 0.2) is 22.6 Å². The fraction of sp³-hybridized carbons (Fsp3) is 0.500. The van der Waals surface area contributed by atoms with Crippen LogP contribution in [0.4, 0.5) is 0 Å². The number of hydrogen-bond donors (Lipinski definition) is 0. The summed E-state index contributed by atoms with van der Waals surface area (Å²) in [4.78, 5) is 1.95. The Kier molecular flexibility index (Phi) is 1.06. The summed E-state index contributed by atoms with van der Waals surface area (Å²) in [5.74, 6) is 0. The van der Waals surface area contributed by atoms with Gasteiger partial charge in [-0.1, -0.05) is 0 Å². The molecule has 0 saturated carbocycles. The Morgan fingerprint density at radius 1 is 1.71 bits per heavy atom. The average molecular weight is 97.1 g/mol. The Balaban J connectivity index is 2.49. The van der Waals surface area contributed by atoms with Crippen LogP contribution < -0.4 is 0 Å². The molecule has 0 atom stereocenters. The zero-order valence-electron chi connectivity index (χ0n) is 4.20. The minimum atomic E-state index is 0.691. The van der Waals surface area contributed by atoms with E-state index in [9.17, 15) is 0 Å². The number of nitrogens with zero attached hydrogens (tertiary/aromatic N) is 3. The predicted octanol–water partition coefficient (Wildman–Crippen LogP) is 0.813. The highest BCUT2D eigenvalue weighted by Gasteiger charge is 1.88. The van der Waals surface area contributed by atoms with Crippen molar-refractivity contribution in [2.24, 2.45) is 10.2 Å². The maximum Gasteiger partial charge on any atom is 0.131 e. The van der Waals surface area contributed by atoms with Gasteiger partial charge in [-0.2, -0.15) is 10.2 Å². The minimum Gasteiger partial charge on any atom is -0.358 e. The number of azo groups is 1. The molecule has 0 aromatic heterocycles. The molecule has 0 aliphatic carbocycles. The predicted molar refractivity (Wildman–Crippen MR) is 26.6 cm³/mol. The molecule has 0 fully saturated rings.